The number of benzene rings is 1. The maximum absolute atomic E-state index is 9.87. The smallest absolute Gasteiger partial charge is 0.215 e. The van der Waals surface area contributed by atoms with E-state index in [1.165, 1.54) is 6.07 Å². The van der Waals surface area contributed by atoms with Crippen LogP contribution in [0.1, 0.15) is 12.5 Å². The van der Waals surface area contributed by atoms with E-state index in [1.807, 2.05) is 6.07 Å². The van der Waals surface area contributed by atoms with Crippen molar-refractivity contribution in [3.8, 4) is 17.5 Å². The zero-order valence-electron chi connectivity index (χ0n) is 10.3. The van der Waals surface area contributed by atoms with Gasteiger partial charge in [0, 0.05) is 11.6 Å². The van der Waals surface area contributed by atoms with Crippen LogP contribution in [0.5, 0.6) is 17.5 Å². The van der Waals surface area contributed by atoms with E-state index in [9.17, 15) is 15.3 Å². The number of nitrogens with one attached hydrogen (secondary N) is 1. The number of anilines is 1. The number of rotatable bonds is 1. The number of aromatic amines is 1. The summed E-state index contributed by atoms with van der Waals surface area (Å²) in [7, 11) is 0. The van der Waals surface area contributed by atoms with Crippen molar-refractivity contribution in [1.82, 2.24) is 4.98 Å². The minimum atomic E-state index is -0.133. The molecule has 98 valence electrons. The van der Waals surface area contributed by atoms with Crippen LogP contribution < -0.4 is 4.90 Å². The summed E-state index contributed by atoms with van der Waals surface area (Å²) in [4.78, 5) is 8.52. The second kappa shape index (κ2) is 3.94. The second-order valence-corrected chi connectivity index (χ2v) is 4.41. The normalized spacial score (nSPS) is 14.2. The van der Waals surface area contributed by atoms with Crippen molar-refractivity contribution < 1.29 is 15.3 Å². The van der Waals surface area contributed by atoms with Gasteiger partial charge in [-0.3, -0.25) is 4.98 Å². The highest BCUT2D eigenvalue weighted by Crippen LogP contribution is 2.38. The first-order chi connectivity index (χ1) is 9.06. The fraction of sp³-hybridized carbons (Fsp3) is 0.154. The molecular weight excluding hydrogens is 246 g/mol. The van der Waals surface area contributed by atoms with Gasteiger partial charge in [-0.05, 0) is 19.1 Å². The van der Waals surface area contributed by atoms with Crippen LogP contribution in [0.15, 0.2) is 29.3 Å². The number of hydrogen-bond donors (Lipinski definition) is 4. The molecule has 1 aliphatic heterocycles. The fourth-order valence-electron chi connectivity index (χ4n) is 2.22. The maximum atomic E-state index is 9.87. The Morgan fingerprint density at radius 1 is 1.26 bits per heavy atom. The Bertz CT molecular complexity index is 676. The van der Waals surface area contributed by atoms with Gasteiger partial charge in [-0.2, -0.15) is 0 Å². The molecular formula is C13H13N3O3. The van der Waals surface area contributed by atoms with Crippen LogP contribution in [0.25, 0.3) is 0 Å². The molecule has 0 atom stereocenters. The van der Waals surface area contributed by atoms with Crippen LogP contribution in [-0.2, 0) is 6.54 Å². The van der Waals surface area contributed by atoms with E-state index in [0.717, 1.165) is 0 Å². The molecule has 0 unspecified atom stereocenters. The van der Waals surface area contributed by atoms with Crippen LogP contribution in [0.4, 0.5) is 11.4 Å². The molecule has 0 aliphatic carbocycles. The SMILES string of the molecule is CC1=Nc2cccc(O)c2CN1c1cc(O)[nH]c1O. The molecule has 0 bridgehead atoms. The lowest BCUT2D eigenvalue weighted by molar-refractivity contribution is 0.425. The molecule has 4 N–H and O–H groups in total. The minimum absolute atomic E-state index is 0.122. The summed E-state index contributed by atoms with van der Waals surface area (Å²) in [5.41, 5.74) is 1.83. The first kappa shape index (κ1) is 11.5. The molecule has 1 aromatic heterocycles. The molecule has 6 nitrogen and oxygen atoms in total. The standard InChI is InChI=1S/C13H13N3O3/c1-7-14-9-3-2-4-11(17)8(9)6-16(7)10-5-12(18)15-13(10)19/h2-5,15,17-19H,6H2,1H3. The summed E-state index contributed by atoms with van der Waals surface area (Å²) in [5.74, 6) is 0.583. The van der Waals surface area contributed by atoms with Crippen molar-refractivity contribution >= 4 is 17.2 Å². The topological polar surface area (TPSA) is 92.1 Å². The van der Waals surface area contributed by atoms with Gasteiger partial charge in [-0.15, -0.1) is 0 Å². The summed E-state index contributed by atoms with van der Waals surface area (Å²) in [5, 5.41) is 29.0. The first-order valence-corrected chi connectivity index (χ1v) is 5.81. The number of amidine groups is 1. The Morgan fingerprint density at radius 3 is 2.74 bits per heavy atom. The lowest BCUT2D eigenvalue weighted by Gasteiger charge is -2.28. The van der Waals surface area contributed by atoms with Gasteiger partial charge in [0.2, 0.25) is 5.88 Å². The van der Waals surface area contributed by atoms with Crippen LogP contribution >= 0.6 is 0 Å². The third-order valence-electron chi connectivity index (χ3n) is 3.17. The quantitative estimate of drug-likeness (QED) is 0.631. The van der Waals surface area contributed by atoms with Crippen molar-refractivity contribution in [1.29, 1.82) is 0 Å². The molecule has 2 aromatic rings. The molecule has 0 amide bonds. The highest BCUT2D eigenvalue weighted by atomic mass is 16.3. The number of nitrogens with zero attached hydrogens (tertiary/aromatic N) is 2. The number of hydrogen-bond acceptors (Lipinski definition) is 5. The zero-order valence-corrected chi connectivity index (χ0v) is 10.3. The fourth-order valence-corrected chi connectivity index (χ4v) is 2.22. The molecule has 1 aromatic carbocycles. The van der Waals surface area contributed by atoms with Gasteiger partial charge in [-0.25, -0.2) is 4.99 Å². The van der Waals surface area contributed by atoms with E-state index in [-0.39, 0.29) is 17.5 Å². The first-order valence-electron chi connectivity index (χ1n) is 5.81. The highest BCUT2D eigenvalue weighted by molar-refractivity contribution is 6.00. The number of aromatic nitrogens is 1. The van der Waals surface area contributed by atoms with Gasteiger partial charge >= 0.3 is 0 Å². The number of aromatic hydroxyl groups is 3. The molecule has 0 saturated carbocycles. The Morgan fingerprint density at radius 2 is 2.05 bits per heavy atom. The van der Waals surface area contributed by atoms with Crippen molar-refractivity contribution in [3.05, 3.63) is 29.8 Å². The second-order valence-electron chi connectivity index (χ2n) is 4.41. The van der Waals surface area contributed by atoms with Crippen LogP contribution in [0.3, 0.4) is 0 Å². The predicted octanol–water partition coefficient (Wildman–Crippen LogP) is 2.20. The Balaban J connectivity index is 2.08. The third-order valence-corrected chi connectivity index (χ3v) is 3.17. The lowest BCUT2D eigenvalue weighted by atomic mass is 10.1. The monoisotopic (exact) mass is 259 g/mol. The molecule has 2 heterocycles. The lowest BCUT2D eigenvalue weighted by Crippen LogP contribution is -2.30. The molecule has 6 heteroatoms. The summed E-state index contributed by atoms with van der Waals surface area (Å²) < 4.78 is 0. The Hall–Kier alpha value is -2.63. The average molecular weight is 259 g/mol. The maximum Gasteiger partial charge on any atom is 0.215 e. The molecule has 0 saturated heterocycles. The van der Waals surface area contributed by atoms with Crippen molar-refractivity contribution in [3.63, 3.8) is 0 Å². The Labute approximate surface area is 109 Å². The summed E-state index contributed by atoms with van der Waals surface area (Å²) in [6.45, 7) is 2.18. The Kier molecular flexibility index (Phi) is 2.38. The largest absolute Gasteiger partial charge is 0.508 e. The van der Waals surface area contributed by atoms with Gasteiger partial charge in [0.05, 0.1) is 12.2 Å². The highest BCUT2D eigenvalue weighted by Gasteiger charge is 2.24. The van der Waals surface area contributed by atoms with Crippen LogP contribution in [0.2, 0.25) is 0 Å². The predicted molar refractivity (Wildman–Crippen MR) is 71.2 cm³/mol. The average Bonchev–Trinajstić information content (AvgIpc) is 2.68. The number of phenolic OH excluding ortho intramolecular Hbond substituents is 1. The molecule has 19 heavy (non-hydrogen) atoms. The molecule has 3 rings (SSSR count). The summed E-state index contributed by atoms with van der Waals surface area (Å²) in [6, 6.07) is 6.57. The molecule has 0 fully saturated rings. The van der Waals surface area contributed by atoms with Gasteiger partial charge < -0.3 is 20.2 Å². The number of aliphatic imine (C=N–C) groups is 1. The van der Waals surface area contributed by atoms with Crippen LogP contribution in [-0.4, -0.2) is 26.1 Å². The molecule has 0 spiro atoms. The van der Waals surface area contributed by atoms with Crippen molar-refractivity contribution in [2.75, 3.05) is 4.90 Å². The number of H-pyrrole nitrogens is 1. The van der Waals surface area contributed by atoms with Crippen LogP contribution in [0, 0.1) is 0 Å². The minimum Gasteiger partial charge on any atom is -0.508 e. The van der Waals surface area contributed by atoms with E-state index in [2.05, 4.69) is 9.98 Å². The van der Waals surface area contributed by atoms with Crippen molar-refractivity contribution in [2.45, 2.75) is 13.5 Å². The summed E-state index contributed by atoms with van der Waals surface area (Å²) in [6.07, 6.45) is 0. The van der Waals surface area contributed by atoms with E-state index in [0.29, 0.717) is 29.3 Å². The van der Waals surface area contributed by atoms with E-state index >= 15 is 0 Å². The zero-order chi connectivity index (χ0) is 13.6. The van der Waals surface area contributed by atoms with Gasteiger partial charge in [0.15, 0.2) is 5.88 Å². The van der Waals surface area contributed by atoms with Gasteiger partial charge in [0.25, 0.3) is 0 Å². The van der Waals surface area contributed by atoms with Gasteiger partial charge in [0.1, 0.15) is 17.3 Å². The van der Waals surface area contributed by atoms with E-state index in [4.69, 9.17) is 0 Å². The number of phenols is 1. The third kappa shape index (κ3) is 1.77. The van der Waals surface area contributed by atoms with Crippen molar-refractivity contribution in [2.24, 2.45) is 4.99 Å². The van der Waals surface area contributed by atoms with Gasteiger partial charge in [-0.1, -0.05) is 6.07 Å². The van der Waals surface area contributed by atoms with E-state index in [1.54, 1.807) is 24.0 Å². The summed E-state index contributed by atoms with van der Waals surface area (Å²) >= 11 is 0. The number of fused-ring (bicyclic) bond motifs is 1. The van der Waals surface area contributed by atoms with E-state index < -0.39 is 0 Å². The molecule has 1 aliphatic rings. The molecule has 0 radical (unpaired) electrons.